The number of hydrogen-bond donors (Lipinski definition) is 1. The molecule has 2 rings (SSSR count). The summed E-state index contributed by atoms with van der Waals surface area (Å²) < 4.78 is 1.99. The molecular formula is C15H22N4S. The molecule has 0 saturated heterocycles. The van der Waals surface area contributed by atoms with E-state index in [1.165, 1.54) is 11.1 Å². The fourth-order valence-corrected chi connectivity index (χ4v) is 2.85. The molecule has 2 N–H and O–H groups in total. The molecule has 108 valence electrons. The van der Waals surface area contributed by atoms with Crippen molar-refractivity contribution in [2.75, 3.05) is 5.75 Å². The van der Waals surface area contributed by atoms with Crippen molar-refractivity contribution >= 4 is 11.8 Å². The summed E-state index contributed by atoms with van der Waals surface area (Å²) in [6.45, 7) is 6.34. The minimum atomic E-state index is 0.0122. The maximum atomic E-state index is 6.25. The van der Waals surface area contributed by atoms with Crippen LogP contribution in [-0.2, 0) is 7.05 Å². The third-order valence-corrected chi connectivity index (χ3v) is 4.62. The highest BCUT2D eigenvalue weighted by Gasteiger charge is 2.11. The van der Waals surface area contributed by atoms with Gasteiger partial charge in [0.15, 0.2) is 5.16 Å². The highest BCUT2D eigenvalue weighted by atomic mass is 32.2. The van der Waals surface area contributed by atoms with Gasteiger partial charge in [0.25, 0.3) is 0 Å². The summed E-state index contributed by atoms with van der Waals surface area (Å²) in [6.07, 6.45) is 0. The quantitative estimate of drug-likeness (QED) is 0.860. The first-order valence-corrected chi connectivity index (χ1v) is 7.82. The standard InChI is InChI=1S/C15H22N4S/c1-10(2)12-5-7-13(8-6-12)14(16)9-20-15-18-17-11(3)19(15)4/h5-8,10,14H,9,16H2,1-4H3. The Labute approximate surface area is 124 Å². The van der Waals surface area contributed by atoms with Crippen LogP contribution >= 0.6 is 11.8 Å². The zero-order chi connectivity index (χ0) is 14.7. The largest absolute Gasteiger partial charge is 0.323 e. The number of hydrogen-bond acceptors (Lipinski definition) is 4. The Morgan fingerprint density at radius 1 is 1.15 bits per heavy atom. The van der Waals surface area contributed by atoms with Crippen LogP contribution in [0.3, 0.4) is 0 Å². The molecular weight excluding hydrogens is 268 g/mol. The molecule has 0 aliphatic rings. The van der Waals surface area contributed by atoms with Crippen molar-refractivity contribution in [3.8, 4) is 0 Å². The third-order valence-electron chi connectivity index (χ3n) is 3.48. The number of aryl methyl sites for hydroxylation is 1. The van der Waals surface area contributed by atoms with Gasteiger partial charge in [-0.3, -0.25) is 0 Å². The molecule has 0 aliphatic heterocycles. The summed E-state index contributed by atoms with van der Waals surface area (Å²) in [5.74, 6) is 2.27. The Hall–Kier alpha value is -1.33. The Balaban J connectivity index is 1.98. The molecule has 0 radical (unpaired) electrons. The number of thioether (sulfide) groups is 1. The van der Waals surface area contributed by atoms with Crippen LogP contribution in [0.25, 0.3) is 0 Å². The molecule has 0 spiro atoms. The summed E-state index contributed by atoms with van der Waals surface area (Å²) in [6, 6.07) is 8.59. The van der Waals surface area contributed by atoms with E-state index in [9.17, 15) is 0 Å². The molecule has 1 atom stereocenters. The van der Waals surface area contributed by atoms with Gasteiger partial charge in [-0.25, -0.2) is 0 Å². The van der Waals surface area contributed by atoms with Crippen molar-refractivity contribution in [3.63, 3.8) is 0 Å². The van der Waals surface area contributed by atoms with Gasteiger partial charge >= 0.3 is 0 Å². The van der Waals surface area contributed by atoms with Crippen molar-refractivity contribution in [2.24, 2.45) is 12.8 Å². The van der Waals surface area contributed by atoms with Gasteiger partial charge in [0.2, 0.25) is 0 Å². The molecule has 4 nitrogen and oxygen atoms in total. The van der Waals surface area contributed by atoms with Crippen LogP contribution in [0.1, 0.15) is 42.8 Å². The van der Waals surface area contributed by atoms with E-state index < -0.39 is 0 Å². The molecule has 1 aromatic carbocycles. The van der Waals surface area contributed by atoms with Crippen LogP contribution in [0, 0.1) is 6.92 Å². The Morgan fingerprint density at radius 3 is 2.25 bits per heavy atom. The lowest BCUT2D eigenvalue weighted by atomic mass is 10.00. The molecule has 1 unspecified atom stereocenters. The first-order chi connectivity index (χ1) is 9.49. The smallest absolute Gasteiger partial charge is 0.191 e. The minimum Gasteiger partial charge on any atom is -0.323 e. The number of nitrogens with zero attached hydrogens (tertiary/aromatic N) is 3. The van der Waals surface area contributed by atoms with Gasteiger partial charge in [-0.1, -0.05) is 49.9 Å². The lowest BCUT2D eigenvalue weighted by Crippen LogP contribution is -2.13. The van der Waals surface area contributed by atoms with Gasteiger partial charge in [0.1, 0.15) is 5.82 Å². The number of nitrogens with two attached hydrogens (primary N) is 1. The minimum absolute atomic E-state index is 0.0122. The van der Waals surface area contributed by atoms with Crippen molar-refractivity contribution in [2.45, 2.75) is 37.9 Å². The summed E-state index contributed by atoms with van der Waals surface area (Å²) in [5, 5.41) is 9.10. The predicted octanol–water partition coefficient (Wildman–Crippen LogP) is 3.04. The van der Waals surface area contributed by atoms with Crippen LogP contribution < -0.4 is 5.73 Å². The monoisotopic (exact) mass is 290 g/mol. The van der Waals surface area contributed by atoms with Gasteiger partial charge in [0.05, 0.1) is 0 Å². The lowest BCUT2D eigenvalue weighted by Gasteiger charge is -2.13. The third kappa shape index (κ3) is 3.41. The van der Waals surface area contributed by atoms with Crippen LogP contribution in [0.4, 0.5) is 0 Å². The zero-order valence-corrected chi connectivity index (χ0v) is 13.3. The number of aromatic nitrogens is 3. The molecule has 0 amide bonds. The van der Waals surface area contributed by atoms with E-state index in [1.807, 2.05) is 18.5 Å². The molecule has 0 aliphatic carbocycles. The zero-order valence-electron chi connectivity index (χ0n) is 12.5. The van der Waals surface area contributed by atoms with E-state index in [0.29, 0.717) is 5.92 Å². The average Bonchev–Trinajstić information content (AvgIpc) is 2.76. The van der Waals surface area contributed by atoms with E-state index in [0.717, 1.165) is 16.7 Å². The van der Waals surface area contributed by atoms with Gasteiger partial charge in [0, 0.05) is 18.8 Å². The Kier molecular flexibility index (Phi) is 4.83. The molecule has 0 fully saturated rings. The molecule has 20 heavy (non-hydrogen) atoms. The molecule has 5 heteroatoms. The van der Waals surface area contributed by atoms with Gasteiger partial charge in [-0.15, -0.1) is 10.2 Å². The maximum absolute atomic E-state index is 6.25. The molecule has 0 saturated carbocycles. The summed E-state index contributed by atoms with van der Waals surface area (Å²) in [4.78, 5) is 0. The van der Waals surface area contributed by atoms with Crippen LogP contribution in [0.5, 0.6) is 0 Å². The Bertz CT molecular complexity index is 560. The number of benzene rings is 1. The Morgan fingerprint density at radius 2 is 1.75 bits per heavy atom. The van der Waals surface area contributed by atoms with Crippen molar-refractivity contribution in [1.29, 1.82) is 0 Å². The molecule has 1 aromatic heterocycles. The van der Waals surface area contributed by atoms with E-state index in [2.05, 4.69) is 48.3 Å². The van der Waals surface area contributed by atoms with Crippen LogP contribution in [-0.4, -0.2) is 20.5 Å². The van der Waals surface area contributed by atoms with Gasteiger partial charge < -0.3 is 10.3 Å². The molecule has 2 aromatic rings. The second kappa shape index (κ2) is 6.41. The lowest BCUT2D eigenvalue weighted by molar-refractivity contribution is 0.759. The first kappa shape index (κ1) is 15.1. The fraction of sp³-hybridized carbons (Fsp3) is 0.467. The highest BCUT2D eigenvalue weighted by molar-refractivity contribution is 7.99. The summed E-state index contributed by atoms with van der Waals surface area (Å²) >= 11 is 1.65. The van der Waals surface area contributed by atoms with E-state index in [-0.39, 0.29) is 6.04 Å². The highest BCUT2D eigenvalue weighted by Crippen LogP contribution is 2.23. The van der Waals surface area contributed by atoms with Gasteiger partial charge in [-0.2, -0.15) is 0 Å². The molecule has 1 heterocycles. The average molecular weight is 290 g/mol. The van der Waals surface area contributed by atoms with Crippen LogP contribution in [0.15, 0.2) is 29.4 Å². The fourth-order valence-electron chi connectivity index (χ4n) is 1.90. The van der Waals surface area contributed by atoms with Crippen molar-refractivity contribution in [3.05, 3.63) is 41.2 Å². The molecule has 0 bridgehead atoms. The van der Waals surface area contributed by atoms with E-state index >= 15 is 0 Å². The SMILES string of the molecule is Cc1nnc(SCC(N)c2ccc(C(C)C)cc2)n1C. The van der Waals surface area contributed by atoms with Crippen molar-refractivity contribution in [1.82, 2.24) is 14.8 Å². The maximum Gasteiger partial charge on any atom is 0.191 e. The second-order valence-corrected chi connectivity index (χ2v) is 6.31. The normalized spacial score (nSPS) is 12.9. The predicted molar refractivity (Wildman–Crippen MR) is 83.9 cm³/mol. The topological polar surface area (TPSA) is 56.7 Å². The summed E-state index contributed by atoms with van der Waals surface area (Å²) in [5.41, 5.74) is 8.76. The van der Waals surface area contributed by atoms with Crippen LogP contribution in [0.2, 0.25) is 0 Å². The van der Waals surface area contributed by atoms with Crippen molar-refractivity contribution < 1.29 is 0 Å². The van der Waals surface area contributed by atoms with E-state index in [1.54, 1.807) is 11.8 Å². The van der Waals surface area contributed by atoms with Gasteiger partial charge in [-0.05, 0) is 24.0 Å². The summed E-state index contributed by atoms with van der Waals surface area (Å²) in [7, 11) is 1.97. The first-order valence-electron chi connectivity index (χ1n) is 6.83. The number of rotatable bonds is 5. The van der Waals surface area contributed by atoms with E-state index in [4.69, 9.17) is 5.73 Å². The second-order valence-electron chi connectivity index (χ2n) is 5.33.